The highest BCUT2D eigenvalue weighted by atomic mass is 16.2. The van der Waals surface area contributed by atoms with Crippen molar-refractivity contribution in [3.8, 4) is 0 Å². The molecule has 1 amide bonds. The van der Waals surface area contributed by atoms with Gasteiger partial charge in [0, 0.05) is 11.9 Å². The van der Waals surface area contributed by atoms with E-state index in [1.54, 1.807) is 4.40 Å². The fourth-order valence-corrected chi connectivity index (χ4v) is 2.61. The van der Waals surface area contributed by atoms with E-state index < -0.39 is 0 Å². The Balaban J connectivity index is 1.66. The first-order chi connectivity index (χ1) is 11.6. The van der Waals surface area contributed by atoms with Crippen LogP contribution in [0, 0.1) is 6.92 Å². The number of hydrogen-bond donors (Lipinski definition) is 1. The predicted octanol–water partition coefficient (Wildman–Crippen LogP) is 3.38. The van der Waals surface area contributed by atoms with Crippen molar-refractivity contribution in [2.45, 2.75) is 26.7 Å². The van der Waals surface area contributed by atoms with Crippen molar-refractivity contribution in [3.63, 3.8) is 0 Å². The van der Waals surface area contributed by atoms with Gasteiger partial charge in [0.15, 0.2) is 0 Å². The summed E-state index contributed by atoms with van der Waals surface area (Å²) in [5, 5.41) is 4.22. The summed E-state index contributed by atoms with van der Waals surface area (Å²) in [6.07, 6.45) is 3.54. The molecule has 0 saturated heterocycles. The zero-order chi connectivity index (χ0) is 16.9. The van der Waals surface area contributed by atoms with E-state index in [2.05, 4.69) is 27.6 Å². The lowest BCUT2D eigenvalue weighted by Crippen LogP contribution is -2.21. The first-order valence-corrected chi connectivity index (χ1v) is 7.96. The molecule has 122 valence electrons. The van der Waals surface area contributed by atoms with Gasteiger partial charge in [-0.3, -0.25) is 9.20 Å². The fraction of sp³-hybridized carbons (Fsp3) is 0.211. The van der Waals surface area contributed by atoms with Gasteiger partial charge in [-0.15, -0.1) is 0 Å². The van der Waals surface area contributed by atoms with Crippen molar-refractivity contribution in [1.82, 2.24) is 14.8 Å². The smallest absolute Gasteiger partial charge is 0.290 e. The molecule has 0 aliphatic rings. The molecule has 1 N–H and O–H groups in total. The second-order valence-electron chi connectivity index (χ2n) is 5.75. The lowest BCUT2D eigenvalue weighted by molar-refractivity contribution is 0.0948. The van der Waals surface area contributed by atoms with Crippen molar-refractivity contribution in [2.75, 3.05) is 0 Å². The Morgan fingerprint density at radius 2 is 1.92 bits per heavy atom. The van der Waals surface area contributed by atoms with Gasteiger partial charge in [-0.25, -0.2) is 10.4 Å². The summed E-state index contributed by atoms with van der Waals surface area (Å²) in [6, 6.07) is 15.9. The minimum Gasteiger partial charge on any atom is -0.295 e. The molecule has 1 aromatic carbocycles. The second-order valence-corrected chi connectivity index (χ2v) is 5.75. The first kappa shape index (κ1) is 15.9. The van der Waals surface area contributed by atoms with E-state index in [0.29, 0.717) is 11.4 Å². The van der Waals surface area contributed by atoms with Gasteiger partial charge in [-0.05, 0) is 44.4 Å². The zero-order valence-electron chi connectivity index (χ0n) is 13.9. The van der Waals surface area contributed by atoms with E-state index in [1.807, 2.05) is 56.4 Å². The normalized spacial score (nSPS) is 11.7. The molecular weight excluding hydrogens is 300 g/mol. The van der Waals surface area contributed by atoms with Crippen molar-refractivity contribution in [2.24, 2.45) is 5.10 Å². The summed E-state index contributed by atoms with van der Waals surface area (Å²) < 4.78 is 1.78. The highest BCUT2D eigenvalue weighted by molar-refractivity contribution is 5.95. The molecule has 0 saturated carbocycles. The van der Waals surface area contributed by atoms with Crippen LogP contribution in [0.15, 0.2) is 59.8 Å². The number of nitrogens with zero attached hydrogens (tertiary/aromatic N) is 3. The van der Waals surface area contributed by atoms with Crippen LogP contribution >= 0.6 is 0 Å². The largest absolute Gasteiger partial charge is 0.295 e. The maximum absolute atomic E-state index is 12.4. The van der Waals surface area contributed by atoms with Crippen LogP contribution in [0.5, 0.6) is 0 Å². The minimum atomic E-state index is -0.245. The molecular formula is C19H20N4O. The topological polar surface area (TPSA) is 58.8 Å². The van der Waals surface area contributed by atoms with E-state index in [9.17, 15) is 4.79 Å². The van der Waals surface area contributed by atoms with E-state index in [4.69, 9.17) is 0 Å². The number of rotatable bonds is 5. The van der Waals surface area contributed by atoms with Crippen LogP contribution in [-0.4, -0.2) is 21.0 Å². The molecule has 0 fully saturated rings. The Morgan fingerprint density at radius 1 is 1.17 bits per heavy atom. The number of fused-ring (bicyclic) bond motifs is 1. The molecule has 5 nitrogen and oxygen atoms in total. The van der Waals surface area contributed by atoms with Crippen molar-refractivity contribution < 1.29 is 4.79 Å². The Kier molecular flexibility index (Phi) is 4.70. The number of aryl methyl sites for hydroxylation is 2. The van der Waals surface area contributed by atoms with Crippen LogP contribution in [0.25, 0.3) is 5.65 Å². The van der Waals surface area contributed by atoms with Crippen molar-refractivity contribution in [3.05, 3.63) is 71.7 Å². The Labute approximate surface area is 141 Å². The van der Waals surface area contributed by atoms with Crippen LogP contribution in [0.1, 0.15) is 35.1 Å². The number of benzene rings is 1. The molecule has 5 heteroatoms. The van der Waals surface area contributed by atoms with Gasteiger partial charge in [0.1, 0.15) is 11.3 Å². The number of aromatic nitrogens is 2. The Morgan fingerprint density at radius 3 is 2.71 bits per heavy atom. The fourth-order valence-electron chi connectivity index (χ4n) is 2.61. The summed E-state index contributed by atoms with van der Waals surface area (Å²) in [5.74, 6) is -0.245. The maximum atomic E-state index is 12.4. The number of imidazole rings is 1. The summed E-state index contributed by atoms with van der Waals surface area (Å²) in [7, 11) is 0. The van der Waals surface area contributed by atoms with Gasteiger partial charge >= 0.3 is 0 Å². The third kappa shape index (κ3) is 3.51. The molecule has 0 aliphatic heterocycles. The minimum absolute atomic E-state index is 0.245. The highest BCUT2D eigenvalue weighted by Crippen LogP contribution is 2.11. The van der Waals surface area contributed by atoms with Gasteiger partial charge in [0.2, 0.25) is 0 Å². The Hall–Kier alpha value is -2.95. The summed E-state index contributed by atoms with van der Waals surface area (Å²) >= 11 is 0. The van der Waals surface area contributed by atoms with Crippen LogP contribution in [0.4, 0.5) is 0 Å². The number of amides is 1. The van der Waals surface area contributed by atoms with E-state index in [1.165, 1.54) is 5.56 Å². The third-order valence-electron chi connectivity index (χ3n) is 3.89. The quantitative estimate of drug-likeness (QED) is 0.579. The molecule has 2 aromatic heterocycles. The van der Waals surface area contributed by atoms with Crippen molar-refractivity contribution in [1.29, 1.82) is 0 Å². The molecule has 24 heavy (non-hydrogen) atoms. The summed E-state index contributed by atoms with van der Waals surface area (Å²) in [6.45, 7) is 3.75. The predicted molar refractivity (Wildman–Crippen MR) is 95.3 cm³/mol. The van der Waals surface area contributed by atoms with Crippen LogP contribution in [0.2, 0.25) is 0 Å². The first-order valence-electron chi connectivity index (χ1n) is 7.96. The Bertz CT molecular complexity index is 881. The van der Waals surface area contributed by atoms with E-state index in [-0.39, 0.29) is 5.91 Å². The average Bonchev–Trinajstić information content (AvgIpc) is 2.94. The number of carbonyl (C=O) groups excluding carboxylic acids is 1. The molecule has 0 bridgehead atoms. The van der Waals surface area contributed by atoms with Gasteiger partial charge in [0.25, 0.3) is 5.91 Å². The lowest BCUT2D eigenvalue weighted by Gasteiger charge is -2.04. The van der Waals surface area contributed by atoms with Gasteiger partial charge in [0.05, 0.1) is 5.69 Å². The number of carbonyl (C=O) groups is 1. The lowest BCUT2D eigenvalue weighted by atomic mass is 10.1. The monoisotopic (exact) mass is 320 g/mol. The molecule has 0 spiro atoms. The zero-order valence-corrected chi connectivity index (χ0v) is 13.9. The maximum Gasteiger partial charge on any atom is 0.290 e. The van der Waals surface area contributed by atoms with Gasteiger partial charge in [-0.1, -0.05) is 36.4 Å². The van der Waals surface area contributed by atoms with Gasteiger partial charge in [-0.2, -0.15) is 5.10 Å². The molecule has 3 aromatic rings. The highest BCUT2D eigenvalue weighted by Gasteiger charge is 2.15. The van der Waals surface area contributed by atoms with Crippen molar-refractivity contribution >= 4 is 17.3 Å². The third-order valence-corrected chi connectivity index (χ3v) is 3.89. The number of hydrazone groups is 1. The van der Waals surface area contributed by atoms with Gasteiger partial charge < -0.3 is 0 Å². The summed E-state index contributed by atoms with van der Waals surface area (Å²) in [5.41, 5.74) is 6.75. The van der Waals surface area contributed by atoms with Crippen LogP contribution in [0.3, 0.4) is 0 Å². The average molecular weight is 320 g/mol. The molecule has 0 aliphatic carbocycles. The van der Waals surface area contributed by atoms with E-state index >= 15 is 0 Å². The number of nitrogens with one attached hydrogen (secondary N) is 1. The SMILES string of the molecule is C/C(CCc1ccccc1)=N/NC(=O)c1c(C)nc2ccccn12. The van der Waals surface area contributed by atoms with Crippen LogP contribution in [-0.2, 0) is 6.42 Å². The molecule has 0 radical (unpaired) electrons. The molecule has 3 rings (SSSR count). The molecule has 0 atom stereocenters. The number of hydrogen-bond acceptors (Lipinski definition) is 3. The standard InChI is InChI=1S/C19H20N4O/c1-14(11-12-16-8-4-3-5-9-16)21-22-19(24)18-15(2)20-17-10-6-7-13-23(17)18/h3-10,13H,11-12H2,1-2H3,(H,22,24)/b21-14-. The van der Waals surface area contributed by atoms with E-state index in [0.717, 1.165) is 24.2 Å². The summed E-state index contributed by atoms with van der Waals surface area (Å²) in [4.78, 5) is 16.8. The molecule has 0 unspecified atom stereocenters. The number of pyridine rings is 1. The second kappa shape index (κ2) is 7.08. The molecule has 2 heterocycles. The van der Waals surface area contributed by atoms with Crippen LogP contribution < -0.4 is 5.43 Å².